The van der Waals surface area contributed by atoms with Gasteiger partial charge < -0.3 is 5.73 Å². The molecule has 4 heteroatoms. The summed E-state index contributed by atoms with van der Waals surface area (Å²) in [6, 6.07) is 10.2. The van der Waals surface area contributed by atoms with Crippen LogP contribution in [0.3, 0.4) is 0 Å². The van der Waals surface area contributed by atoms with Crippen LogP contribution in [0.2, 0.25) is 0 Å². The minimum absolute atomic E-state index is 0. The van der Waals surface area contributed by atoms with Crippen molar-refractivity contribution in [3.63, 3.8) is 0 Å². The van der Waals surface area contributed by atoms with Crippen LogP contribution in [-0.4, -0.2) is 4.98 Å². The third kappa shape index (κ3) is 2.78. The van der Waals surface area contributed by atoms with Crippen LogP contribution in [0.15, 0.2) is 35.7 Å². The zero-order valence-electron chi connectivity index (χ0n) is 8.38. The first kappa shape index (κ1) is 12.2. The normalized spacial score (nSPS) is 11.9. The molecule has 2 rings (SSSR count). The number of nitrogens with two attached hydrogens (primary N) is 1. The van der Waals surface area contributed by atoms with E-state index in [-0.39, 0.29) is 18.4 Å². The van der Waals surface area contributed by atoms with E-state index >= 15 is 0 Å². The zero-order chi connectivity index (χ0) is 9.97. The Bertz CT molecular complexity index is 412. The van der Waals surface area contributed by atoms with Crippen LogP contribution in [0.5, 0.6) is 0 Å². The summed E-state index contributed by atoms with van der Waals surface area (Å²) in [6.07, 6.45) is 0. The summed E-state index contributed by atoms with van der Waals surface area (Å²) < 4.78 is 0. The fraction of sp³-hybridized carbons (Fsp3) is 0.182. The predicted octanol–water partition coefficient (Wildman–Crippen LogP) is 3.25. The van der Waals surface area contributed by atoms with Crippen molar-refractivity contribution < 1.29 is 0 Å². The SMILES string of the molecule is CC(N)c1csc(-c2ccccc2)n1.Cl. The Hall–Kier alpha value is -0.900. The maximum absolute atomic E-state index is 5.75. The Kier molecular flexibility index (Phi) is 4.27. The number of aromatic nitrogens is 1. The monoisotopic (exact) mass is 240 g/mol. The van der Waals surface area contributed by atoms with Gasteiger partial charge in [-0.3, -0.25) is 0 Å². The van der Waals surface area contributed by atoms with Crippen molar-refractivity contribution in [2.45, 2.75) is 13.0 Å². The molecule has 0 amide bonds. The van der Waals surface area contributed by atoms with Crippen LogP contribution in [-0.2, 0) is 0 Å². The van der Waals surface area contributed by atoms with Gasteiger partial charge in [0.1, 0.15) is 5.01 Å². The summed E-state index contributed by atoms with van der Waals surface area (Å²) in [4.78, 5) is 4.47. The molecule has 0 spiro atoms. The zero-order valence-corrected chi connectivity index (χ0v) is 10.0. The van der Waals surface area contributed by atoms with Crippen molar-refractivity contribution >= 4 is 23.7 Å². The van der Waals surface area contributed by atoms with Crippen molar-refractivity contribution in [2.24, 2.45) is 5.73 Å². The number of rotatable bonds is 2. The lowest BCUT2D eigenvalue weighted by molar-refractivity contribution is 0.790. The summed E-state index contributed by atoms with van der Waals surface area (Å²) in [5.74, 6) is 0. The molecule has 0 aliphatic carbocycles. The van der Waals surface area contributed by atoms with E-state index in [2.05, 4.69) is 17.1 Å². The molecule has 2 N–H and O–H groups in total. The van der Waals surface area contributed by atoms with Gasteiger partial charge >= 0.3 is 0 Å². The minimum atomic E-state index is 0. The first-order valence-electron chi connectivity index (χ1n) is 4.54. The highest BCUT2D eigenvalue weighted by Gasteiger charge is 2.06. The molecule has 0 radical (unpaired) electrons. The van der Waals surface area contributed by atoms with E-state index in [9.17, 15) is 0 Å². The van der Waals surface area contributed by atoms with Gasteiger partial charge in [-0.1, -0.05) is 30.3 Å². The molecule has 0 aliphatic rings. The lowest BCUT2D eigenvalue weighted by Crippen LogP contribution is -2.04. The largest absolute Gasteiger partial charge is 0.323 e. The highest BCUT2D eigenvalue weighted by atomic mass is 35.5. The molecule has 0 bridgehead atoms. The van der Waals surface area contributed by atoms with Crippen molar-refractivity contribution in [3.05, 3.63) is 41.4 Å². The molecule has 0 fully saturated rings. The molecule has 0 aliphatic heterocycles. The topological polar surface area (TPSA) is 38.9 Å². The Morgan fingerprint density at radius 2 is 1.93 bits per heavy atom. The van der Waals surface area contributed by atoms with E-state index in [0.29, 0.717) is 0 Å². The second-order valence-corrected chi connectivity index (χ2v) is 4.09. The van der Waals surface area contributed by atoms with Crippen molar-refractivity contribution in [1.82, 2.24) is 4.98 Å². The number of halogens is 1. The fourth-order valence-corrected chi connectivity index (χ4v) is 2.14. The Balaban J connectivity index is 0.00000112. The van der Waals surface area contributed by atoms with Crippen LogP contribution < -0.4 is 5.73 Å². The summed E-state index contributed by atoms with van der Waals surface area (Å²) in [5.41, 5.74) is 7.87. The van der Waals surface area contributed by atoms with Crippen molar-refractivity contribution in [2.75, 3.05) is 0 Å². The number of hydrogen-bond acceptors (Lipinski definition) is 3. The third-order valence-electron chi connectivity index (χ3n) is 2.01. The summed E-state index contributed by atoms with van der Waals surface area (Å²) in [6.45, 7) is 1.95. The van der Waals surface area contributed by atoms with Crippen molar-refractivity contribution in [3.8, 4) is 10.6 Å². The van der Waals surface area contributed by atoms with E-state index in [0.717, 1.165) is 16.3 Å². The van der Waals surface area contributed by atoms with E-state index in [1.807, 2.05) is 30.5 Å². The quantitative estimate of drug-likeness (QED) is 0.875. The smallest absolute Gasteiger partial charge is 0.123 e. The number of nitrogens with zero attached hydrogens (tertiary/aromatic N) is 1. The minimum Gasteiger partial charge on any atom is -0.323 e. The fourth-order valence-electron chi connectivity index (χ4n) is 1.21. The predicted molar refractivity (Wildman–Crippen MR) is 67.4 cm³/mol. The summed E-state index contributed by atoms with van der Waals surface area (Å²) in [5, 5.41) is 3.06. The maximum atomic E-state index is 5.75. The van der Waals surface area contributed by atoms with Gasteiger partial charge in [0.05, 0.1) is 5.69 Å². The van der Waals surface area contributed by atoms with E-state index in [1.54, 1.807) is 11.3 Å². The highest BCUT2D eigenvalue weighted by Crippen LogP contribution is 2.24. The maximum Gasteiger partial charge on any atom is 0.123 e. The van der Waals surface area contributed by atoms with E-state index in [1.165, 1.54) is 0 Å². The molecular weight excluding hydrogens is 228 g/mol. The lowest BCUT2D eigenvalue weighted by Gasteiger charge is -1.98. The number of benzene rings is 1. The van der Waals surface area contributed by atoms with Gasteiger partial charge in [-0.05, 0) is 6.92 Å². The van der Waals surface area contributed by atoms with Crippen LogP contribution in [0.1, 0.15) is 18.7 Å². The molecule has 1 atom stereocenters. The van der Waals surface area contributed by atoms with Crippen LogP contribution in [0.25, 0.3) is 10.6 Å². The third-order valence-corrected chi connectivity index (χ3v) is 2.92. The van der Waals surface area contributed by atoms with Crippen LogP contribution in [0, 0.1) is 0 Å². The van der Waals surface area contributed by atoms with Gasteiger partial charge in [-0.15, -0.1) is 23.7 Å². The first-order valence-corrected chi connectivity index (χ1v) is 5.42. The number of hydrogen-bond donors (Lipinski definition) is 1. The highest BCUT2D eigenvalue weighted by molar-refractivity contribution is 7.13. The van der Waals surface area contributed by atoms with Gasteiger partial charge in [-0.25, -0.2) is 4.98 Å². The molecule has 15 heavy (non-hydrogen) atoms. The van der Waals surface area contributed by atoms with Gasteiger partial charge in [0.25, 0.3) is 0 Å². The molecule has 2 aromatic rings. The molecular formula is C11H13ClN2S. The summed E-state index contributed by atoms with van der Waals surface area (Å²) in [7, 11) is 0. The Morgan fingerprint density at radius 3 is 2.47 bits per heavy atom. The lowest BCUT2D eigenvalue weighted by atomic mass is 10.2. The second kappa shape index (κ2) is 5.26. The van der Waals surface area contributed by atoms with Gasteiger partial charge in [0.15, 0.2) is 0 Å². The van der Waals surface area contributed by atoms with Crippen molar-refractivity contribution in [1.29, 1.82) is 0 Å². The van der Waals surface area contributed by atoms with Gasteiger partial charge in [-0.2, -0.15) is 0 Å². The number of thiazole rings is 1. The second-order valence-electron chi connectivity index (χ2n) is 3.23. The molecule has 1 aromatic carbocycles. The average Bonchev–Trinajstić information content (AvgIpc) is 2.68. The molecule has 0 saturated heterocycles. The standard InChI is InChI=1S/C11H12N2S.ClH/c1-8(12)10-7-14-11(13-10)9-5-3-2-4-6-9;/h2-8H,12H2,1H3;1H. The van der Waals surface area contributed by atoms with Crippen LogP contribution in [0.4, 0.5) is 0 Å². The summed E-state index contributed by atoms with van der Waals surface area (Å²) >= 11 is 1.64. The molecule has 1 heterocycles. The van der Waals surface area contributed by atoms with Gasteiger partial charge in [0, 0.05) is 17.0 Å². The first-order chi connectivity index (χ1) is 6.77. The molecule has 2 nitrogen and oxygen atoms in total. The molecule has 0 saturated carbocycles. The Labute approximate surface area is 99.6 Å². The van der Waals surface area contributed by atoms with E-state index in [4.69, 9.17) is 5.73 Å². The van der Waals surface area contributed by atoms with E-state index < -0.39 is 0 Å². The molecule has 1 aromatic heterocycles. The average molecular weight is 241 g/mol. The molecule has 1 unspecified atom stereocenters. The Morgan fingerprint density at radius 1 is 1.27 bits per heavy atom. The van der Waals surface area contributed by atoms with Gasteiger partial charge in [0.2, 0.25) is 0 Å². The molecule has 80 valence electrons. The van der Waals surface area contributed by atoms with Crippen LogP contribution >= 0.6 is 23.7 Å².